The summed E-state index contributed by atoms with van der Waals surface area (Å²) >= 11 is 2.19. The van der Waals surface area contributed by atoms with E-state index in [4.69, 9.17) is 0 Å². The monoisotopic (exact) mass is 482 g/mol. The van der Waals surface area contributed by atoms with Crippen molar-refractivity contribution in [2.75, 3.05) is 16.8 Å². The van der Waals surface area contributed by atoms with E-state index in [1.807, 2.05) is 48.2 Å². The van der Waals surface area contributed by atoms with Crippen LogP contribution in [0.3, 0.4) is 0 Å². The average molecular weight is 482 g/mol. The van der Waals surface area contributed by atoms with Crippen LogP contribution in [0.2, 0.25) is 0 Å². The molecular weight excluding hydrogens is 463 g/mol. The molecule has 0 spiro atoms. The number of hydrogen-bond acceptors (Lipinski definition) is 2. The van der Waals surface area contributed by atoms with Gasteiger partial charge in [-0.15, -0.1) is 0 Å². The van der Waals surface area contributed by atoms with Gasteiger partial charge in [-0.1, -0.05) is 30.3 Å². The number of nitrogens with zero attached hydrogens (tertiary/aromatic N) is 1. The number of nitrogens with one attached hydrogen (secondary N) is 1. The Bertz CT molecular complexity index is 1060. The number of benzene rings is 3. The normalized spacial score (nSPS) is 12.6. The number of aryl methyl sites for hydroxylation is 1. The van der Waals surface area contributed by atoms with Crippen LogP contribution in [0, 0.1) is 10.5 Å². The third-order valence-electron chi connectivity index (χ3n) is 4.96. The van der Waals surface area contributed by atoms with Crippen LogP contribution in [0.15, 0.2) is 66.7 Å². The Labute approximate surface area is 177 Å². The molecule has 3 aromatic carbocycles. The molecule has 0 bridgehead atoms. The predicted octanol–water partition coefficient (Wildman–Crippen LogP) is 5.05. The highest BCUT2D eigenvalue weighted by Crippen LogP contribution is 2.29. The van der Waals surface area contributed by atoms with Crippen molar-refractivity contribution in [3.8, 4) is 0 Å². The van der Waals surface area contributed by atoms with Crippen LogP contribution < -0.4 is 10.2 Å². The van der Waals surface area contributed by atoms with E-state index >= 15 is 0 Å². The Morgan fingerprint density at radius 1 is 0.964 bits per heavy atom. The standard InChI is InChI=1S/C23H19IN2O2/c1-15-5-4-7-19(21(15)24)22(27)25-18-11-9-17(10-12-18)23(28)26-14-13-16-6-2-3-8-20(16)26/h2-12H,13-14H2,1H3,(H,25,27). The molecule has 5 heteroatoms. The summed E-state index contributed by atoms with van der Waals surface area (Å²) in [6.07, 6.45) is 0.880. The summed E-state index contributed by atoms with van der Waals surface area (Å²) in [5, 5.41) is 2.91. The minimum atomic E-state index is -0.152. The molecule has 1 heterocycles. The Hall–Kier alpha value is -2.67. The van der Waals surface area contributed by atoms with Crippen LogP contribution in [0.1, 0.15) is 31.8 Å². The zero-order chi connectivity index (χ0) is 19.7. The largest absolute Gasteiger partial charge is 0.322 e. The first kappa shape index (κ1) is 18.7. The highest BCUT2D eigenvalue weighted by atomic mass is 127. The van der Waals surface area contributed by atoms with Crippen molar-refractivity contribution < 1.29 is 9.59 Å². The van der Waals surface area contributed by atoms with Gasteiger partial charge in [0.25, 0.3) is 11.8 Å². The van der Waals surface area contributed by atoms with Gasteiger partial charge in [0.05, 0.1) is 5.56 Å². The number of hydrogen-bond donors (Lipinski definition) is 1. The molecule has 0 atom stereocenters. The second-order valence-electron chi connectivity index (χ2n) is 6.80. The molecule has 0 unspecified atom stereocenters. The van der Waals surface area contributed by atoms with Crippen molar-refractivity contribution in [1.29, 1.82) is 0 Å². The van der Waals surface area contributed by atoms with Crippen molar-refractivity contribution in [2.45, 2.75) is 13.3 Å². The molecule has 4 rings (SSSR count). The van der Waals surface area contributed by atoms with Crippen LogP contribution in [0.4, 0.5) is 11.4 Å². The van der Waals surface area contributed by atoms with Gasteiger partial charge in [0.15, 0.2) is 0 Å². The zero-order valence-corrected chi connectivity index (χ0v) is 17.6. The molecule has 140 valence electrons. The molecule has 2 amide bonds. The Kier molecular flexibility index (Phi) is 5.17. The number of anilines is 2. The maximum atomic E-state index is 12.9. The summed E-state index contributed by atoms with van der Waals surface area (Å²) < 4.78 is 0.942. The minimum Gasteiger partial charge on any atom is -0.322 e. The van der Waals surface area contributed by atoms with Gasteiger partial charge in [-0.05, 0) is 83.5 Å². The summed E-state index contributed by atoms with van der Waals surface area (Å²) in [4.78, 5) is 27.3. The van der Waals surface area contributed by atoms with E-state index in [2.05, 4.69) is 34.0 Å². The van der Waals surface area contributed by atoms with Gasteiger partial charge in [0.2, 0.25) is 0 Å². The van der Waals surface area contributed by atoms with E-state index in [9.17, 15) is 9.59 Å². The molecule has 0 saturated carbocycles. The van der Waals surface area contributed by atoms with Crippen LogP contribution in [-0.4, -0.2) is 18.4 Å². The minimum absolute atomic E-state index is 0.0175. The second kappa shape index (κ2) is 7.75. The lowest BCUT2D eigenvalue weighted by Gasteiger charge is -2.17. The molecule has 0 aromatic heterocycles. The van der Waals surface area contributed by atoms with Gasteiger partial charge in [-0.2, -0.15) is 0 Å². The Morgan fingerprint density at radius 2 is 1.71 bits per heavy atom. The van der Waals surface area contributed by atoms with Crippen molar-refractivity contribution >= 4 is 45.8 Å². The topological polar surface area (TPSA) is 49.4 Å². The van der Waals surface area contributed by atoms with Gasteiger partial charge >= 0.3 is 0 Å². The van der Waals surface area contributed by atoms with Crippen molar-refractivity contribution in [3.63, 3.8) is 0 Å². The van der Waals surface area contributed by atoms with Gasteiger partial charge in [0.1, 0.15) is 0 Å². The van der Waals surface area contributed by atoms with Gasteiger partial charge in [-0.25, -0.2) is 0 Å². The third-order valence-corrected chi connectivity index (χ3v) is 6.39. The highest BCUT2D eigenvalue weighted by molar-refractivity contribution is 14.1. The number of halogens is 1. The molecule has 0 fully saturated rings. The predicted molar refractivity (Wildman–Crippen MR) is 120 cm³/mol. The number of para-hydroxylation sites is 1. The molecule has 1 aliphatic rings. The van der Waals surface area contributed by atoms with Crippen LogP contribution in [0.25, 0.3) is 0 Å². The lowest BCUT2D eigenvalue weighted by molar-refractivity contribution is 0.0988. The molecular formula is C23H19IN2O2. The molecule has 1 N–H and O–H groups in total. The number of carbonyl (C=O) groups excluding carboxylic acids is 2. The van der Waals surface area contributed by atoms with Crippen molar-refractivity contribution in [2.24, 2.45) is 0 Å². The molecule has 28 heavy (non-hydrogen) atoms. The van der Waals surface area contributed by atoms with E-state index in [0.717, 1.165) is 21.2 Å². The summed E-state index contributed by atoms with van der Waals surface area (Å²) in [7, 11) is 0. The summed E-state index contributed by atoms with van der Waals surface area (Å²) in [5.41, 5.74) is 5.18. The number of carbonyl (C=O) groups is 2. The number of fused-ring (bicyclic) bond motifs is 1. The summed E-state index contributed by atoms with van der Waals surface area (Å²) in [5.74, 6) is -0.170. The molecule has 0 aliphatic carbocycles. The molecule has 0 saturated heterocycles. The van der Waals surface area contributed by atoms with Crippen LogP contribution in [0.5, 0.6) is 0 Å². The van der Waals surface area contributed by atoms with Crippen LogP contribution in [-0.2, 0) is 6.42 Å². The smallest absolute Gasteiger partial charge is 0.258 e. The summed E-state index contributed by atoms with van der Waals surface area (Å²) in [6.45, 7) is 2.68. The lowest BCUT2D eigenvalue weighted by Crippen LogP contribution is -2.28. The Morgan fingerprint density at radius 3 is 2.50 bits per heavy atom. The van der Waals surface area contributed by atoms with E-state index in [-0.39, 0.29) is 11.8 Å². The fourth-order valence-corrected chi connectivity index (χ4v) is 4.03. The third kappa shape index (κ3) is 3.54. The fraction of sp³-hybridized carbons (Fsp3) is 0.130. The quantitative estimate of drug-likeness (QED) is 0.531. The average Bonchev–Trinajstić information content (AvgIpc) is 3.14. The van der Waals surface area contributed by atoms with Crippen molar-refractivity contribution in [1.82, 2.24) is 0 Å². The van der Waals surface area contributed by atoms with E-state index < -0.39 is 0 Å². The van der Waals surface area contributed by atoms with Crippen LogP contribution >= 0.6 is 22.6 Å². The van der Waals surface area contributed by atoms with Gasteiger partial charge in [-0.3, -0.25) is 9.59 Å². The second-order valence-corrected chi connectivity index (χ2v) is 7.88. The summed E-state index contributed by atoms with van der Waals surface area (Å²) in [6, 6.07) is 20.7. The first-order chi connectivity index (χ1) is 13.5. The lowest BCUT2D eigenvalue weighted by atomic mass is 10.1. The molecule has 3 aromatic rings. The number of rotatable bonds is 3. The highest BCUT2D eigenvalue weighted by Gasteiger charge is 2.25. The molecule has 4 nitrogen and oxygen atoms in total. The SMILES string of the molecule is Cc1cccc(C(=O)Nc2ccc(C(=O)N3CCc4ccccc43)cc2)c1I. The first-order valence-electron chi connectivity index (χ1n) is 9.11. The van der Waals surface area contributed by atoms with E-state index in [1.165, 1.54) is 5.56 Å². The van der Waals surface area contributed by atoms with Crippen molar-refractivity contribution in [3.05, 3.63) is 92.6 Å². The Balaban J connectivity index is 1.49. The number of amides is 2. The molecule has 0 radical (unpaired) electrons. The fourth-order valence-electron chi connectivity index (χ4n) is 3.42. The zero-order valence-electron chi connectivity index (χ0n) is 15.4. The van der Waals surface area contributed by atoms with Gasteiger partial charge in [0, 0.05) is 27.1 Å². The maximum Gasteiger partial charge on any atom is 0.258 e. The molecule has 1 aliphatic heterocycles. The van der Waals surface area contributed by atoms with Gasteiger partial charge < -0.3 is 10.2 Å². The van der Waals surface area contributed by atoms with E-state index in [1.54, 1.807) is 24.3 Å². The maximum absolute atomic E-state index is 12.9. The van der Waals surface area contributed by atoms with E-state index in [0.29, 0.717) is 23.4 Å². The first-order valence-corrected chi connectivity index (χ1v) is 10.2.